The van der Waals surface area contributed by atoms with Crippen molar-refractivity contribution in [2.45, 2.75) is 66.5 Å². The molecule has 6 heterocycles. The summed E-state index contributed by atoms with van der Waals surface area (Å²) in [6, 6.07) is 26.3. The van der Waals surface area contributed by atoms with E-state index >= 15 is 0 Å². The summed E-state index contributed by atoms with van der Waals surface area (Å²) in [5, 5.41) is 28.3. The number of para-hydroxylation sites is 2. The van der Waals surface area contributed by atoms with Gasteiger partial charge in [0.15, 0.2) is 22.9 Å². The summed E-state index contributed by atoms with van der Waals surface area (Å²) in [6.07, 6.45) is 5.82. The summed E-state index contributed by atoms with van der Waals surface area (Å²) >= 11 is 0. The van der Waals surface area contributed by atoms with Gasteiger partial charge in [0.25, 0.3) is 0 Å². The Morgan fingerprint density at radius 3 is 1.57 bits per heavy atom. The van der Waals surface area contributed by atoms with Crippen LogP contribution in [-0.4, -0.2) is 64.5 Å². The van der Waals surface area contributed by atoms with Gasteiger partial charge in [-0.2, -0.15) is 20.2 Å². The van der Waals surface area contributed by atoms with Gasteiger partial charge in [-0.3, -0.25) is 4.90 Å². The van der Waals surface area contributed by atoms with E-state index in [1.54, 1.807) is 9.36 Å². The van der Waals surface area contributed by atoms with Crippen LogP contribution in [0.25, 0.3) is 22.1 Å². The molecule has 322 valence electrons. The van der Waals surface area contributed by atoms with Crippen molar-refractivity contribution in [1.82, 2.24) is 49.7 Å². The van der Waals surface area contributed by atoms with Crippen LogP contribution in [0.1, 0.15) is 70.4 Å². The van der Waals surface area contributed by atoms with Gasteiger partial charge >= 0.3 is 0 Å². The van der Waals surface area contributed by atoms with Crippen molar-refractivity contribution >= 4 is 68.3 Å². The van der Waals surface area contributed by atoms with E-state index in [4.69, 9.17) is 9.97 Å². The van der Waals surface area contributed by atoms with Gasteiger partial charge < -0.3 is 26.6 Å². The van der Waals surface area contributed by atoms with E-state index in [-0.39, 0.29) is 0 Å². The summed E-state index contributed by atoms with van der Waals surface area (Å²) < 4.78 is 3.58. The molecule has 0 aliphatic carbocycles. The van der Waals surface area contributed by atoms with Crippen molar-refractivity contribution in [1.29, 1.82) is 0 Å². The number of fused-ring (bicyclic) bond motifs is 4. The van der Waals surface area contributed by atoms with Crippen LogP contribution >= 0.6 is 0 Å². The SMILES string of the molecule is Cc1cccc(C)c1Nc1nn(C)c2nc(Nc3ccc4c(c3)C(C)N(C)CC4)ncc12.Cc1cccc(C)c1Nc1nn(C)c2nc(Nc3ccc4c(c3)C(C)NCC4)ncc12. The van der Waals surface area contributed by atoms with E-state index in [9.17, 15) is 0 Å². The fraction of sp³-hybridized carbons (Fsp3) is 0.306. The van der Waals surface area contributed by atoms with Gasteiger partial charge in [-0.05, 0) is 137 Å². The number of nitrogens with zero attached hydrogens (tertiary/aromatic N) is 9. The molecule has 0 saturated carbocycles. The first-order chi connectivity index (χ1) is 30.4. The zero-order chi connectivity index (χ0) is 43.9. The molecule has 14 nitrogen and oxygen atoms in total. The van der Waals surface area contributed by atoms with E-state index in [0.29, 0.717) is 24.0 Å². The lowest BCUT2D eigenvalue weighted by Crippen LogP contribution is -2.30. The van der Waals surface area contributed by atoms with Crippen molar-refractivity contribution in [3.63, 3.8) is 0 Å². The van der Waals surface area contributed by atoms with Gasteiger partial charge in [-0.1, -0.05) is 48.5 Å². The number of nitrogens with one attached hydrogen (secondary N) is 5. The lowest BCUT2D eigenvalue weighted by atomic mass is 9.93. The van der Waals surface area contributed by atoms with Crippen molar-refractivity contribution in [2.24, 2.45) is 14.1 Å². The molecular weight excluding hydrogens is 785 g/mol. The third-order valence-electron chi connectivity index (χ3n) is 12.6. The number of aryl methyl sites for hydroxylation is 6. The molecule has 8 aromatic rings. The van der Waals surface area contributed by atoms with Gasteiger partial charge in [-0.15, -0.1) is 0 Å². The summed E-state index contributed by atoms with van der Waals surface area (Å²) in [5.74, 6) is 2.65. The van der Waals surface area contributed by atoms with E-state index in [1.807, 2.05) is 26.5 Å². The first-order valence-corrected chi connectivity index (χ1v) is 21.7. The van der Waals surface area contributed by atoms with E-state index < -0.39 is 0 Å². The van der Waals surface area contributed by atoms with Crippen LogP contribution < -0.4 is 26.6 Å². The first-order valence-electron chi connectivity index (χ1n) is 21.7. The van der Waals surface area contributed by atoms with Crippen LogP contribution in [0, 0.1) is 27.7 Å². The lowest BCUT2D eigenvalue weighted by molar-refractivity contribution is 0.247. The molecule has 4 aromatic carbocycles. The van der Waals surface area contributed by atoms with E-state index in [2.05, 4.69) is 173 Å². The largest absolute Gasteiger partial charge is 0.338 e. The molecule has 0 spiro atoms. The third kappa shape index (κ3) is 8.39. The average molecular weight is 841 g/mol. The predicted molar refractivity (Wildman–Crippen MR) is 255 cm³/mol. The molecule has 0 bridgehead atoms. The second-order valence-corrected chi connectivity index (χ2v) is 17.0. The Morgan fingerprint density at radius 2 is 1.06 bits per heavy atom. The average Bonchev–Trinajstić information content (AvgIpc) is 3.75. The number of likely N-dealkylation sites (N-methyl/N-ethyl adjacent to an activating group) is 1. The molecule has 0 amide bonds. The molecule has 0 saturated heterocycles. The smallest absolute Gasteiger partial charge is 0.229 e. The van der Waals surface area contributed by atoms with Crippen LogP contribution in [0.3, 0.4) is 0 Å². The maximum absolute atomic E-state index is 4.75. The number of benzene rings is 4. The maximum atomic E-state index is 4.75. The normalized spacial score (nSPS) is 16.0. The van der Waals surface area contributed by atoms with Gasteiger partial charge in [0.2, 0.25) is 11.9 Å². The summed E-state index contributed by atoms with van der Waals surface area (Å²) in [4.78, 5) is 21.0. The number of hydrogen-bond acceptors (Lipinski definition) is 12. The quantitative estimate of drug-likeness (QED) is 0.0991. The Hall–Kier alpha value is -6.90. The molecule has 14 heteroatoms. The number of aromatic nitrogens is 8. The Kier molecular flexibility index (Phi) is 11.3. The van der Waals surface area contributed by atoms with Gasteiger partial charge in [0, 0.05) is 67.9 Å². The second-order valence-electron chi connectivity index (χ2n) is 17.0. The number of anilines is 8. The van der Waals surface area contributed by atoms with Crippen LogP contribution in [0.4, 0.5) is 46.3 Å². The van der Waals surface area contributed by atoms with Crippen LogP contribution in [0.2, 0.25) is 0 Å². The highest BCUT2D eigenvalue weighted by atomic mass is 15.3. The Bertz CT molecular complexity index is 2940. The summed E-state index contributed by atoms with van der Waals surface area (Å²) in [5.41, 5.74) is 15.9. The van der Waals surface area contributed by atoms with Crippen LogP contribution in [0.15, 0.2) is 85.2 Å². The zero-order valence-corrected chi connectivity index (χ0v) is 37.6. The Morgan fingerprint density at radius 1 is 0.587 bits per heavy atom. The molecule has 4 aromatic heterocycles. The highest BCUT2D eigenvalue weighted by molar-refractivity contribution is 5.91. The Labute approximate surface area is 368 Å². The summed E-state index contributed by atoms with van der Waals surface area (Å²) in [6.45, 7) is 14.9. The molecule has 5 N–H and O–H groups in total. The number of hydrogen-bond donors (Lipinski definition) is 5. The second kappa shape index (κ2) is 17.1. The predicted octanol–water partition coefficient (Wildman–Crippen LogP) is 9.69. The minimum atomic E-state index is 0.351. The van der Waals surface area contributed by atoms with E-state index in [1.165, 1.54) is 44.5 Å². The highest BCUT2D eigenvalue weighted by Gasteiger charge is 2.22. The minimum Gasteiger partial charge on any atom is -0.338 e. The topological polar surface area (TPSA) is 151 Å². The lowest BCUT2D eigenvalue weighted by Gasteiger charge is -2.32. The zero-order valence-electron chi connectivity index (χ0n) is 37.6. The van der Waals surface area contributed by atoms with Crippen molar-refractivity contribution in [2.75, 3.05) is 41.4 Å². The summed E-state index contributed by atoms with van der Waals surface area (Å²) in [7, 11) is 5.99. The molecule has 0 fully saturated rings. The maximum Gasteiger partial charge on any atom is 0.229 e. The minimum absolute atomic E-state index is 0.351. The molecule has 63 heavy (non-hydrogen) atoms. The van der Waals surface area contributed by atoms with Crippen molar-refractivity contribution in [3.05, 3.63) is 130 Å². The fourth-order valence-corrected chi connectivity index (χ4v) is 8.75. The van der Waals surface area contributed by atoms with Gasteiger partial charge in [0.05, 0.1) is 10.8 Å². The van der Waals surface area contributed by atoms with E-state index in [0.717, 1.165) is 82.4 Å². The highest BCUT2D eigenvalue weighted by Crippen LogP contribution is 2.34. The van der Waals surface area contributed by atoms with Crippen molar-refractivity contribution < 1.29 is 0 Å². The van der Waals surface area contributed by atoms with Crippen LogP contribution in [0.5, 0.6) is 0 Å². The standard InChI is InChI=1S/C25H29N7.C24H27N7/c1-15-7-6-8-16(2)22(15)28-23-21-14-26-25(29-24(21)32(5)30-23)27-19-10-9-18-11-12-31(4)17(3)20(18)13-19;1-14-6-5-7-15(2)21(14)28-22-20-13-26-24(29-23(20)31(4)30-22)27-18-9-8-17-10-11-25-16(3)19(17)12-18/h6-10,13-14,17H,11-12H2,1-5H3,(H,28,30)(H,26,27,29);5-9,12-13,16,25H,10-11H2,1-4H3,(H,28,30)(H,26,27,29). The molecule has 2 unspecified atom stereocenters. The van der Waals surface area contributed by atoms with Gasteiger partial charge in [0.1, 0.15) is 0 Å². The number of rotatable bonds is 8. The molecule has 2 aliphatic heterocycles. The molecular formula is C49H56N14. The molecule has 0 radical (unpaired) electrons. The third-order valence-corrected chi connectivity index (χ3v) is 12.6. The van der Waals surface area contributed by atoms with Crippen LogP contribution in [-0.2, 0) is 26.9 Å². The van der Waals surface area contributed by atoms with Gasteiger partial charge in [-0.25, -0.2) is 19.3 Å². The molecule has 2 atom stereocenters. The first kappa shape index (κ1) is 41.5. The fourth-order valence-electron chi connectivity index (χ4n) is 8.75. The Balaban J connectivity index is 0.000000160. The molecule has 2 aliphatic rings. The molecule has 10 rings (SSSR count). The van der Waals surface area contributed by atoms with Crippen molar-refractivity contribution in [3.8, 4) is 0 Å². The monoisotopic (exact) mass is 840 g/mol.